The van der Waals surface area contributed by atoms with Gasteiger partial charge < -0.3 is 15.7 Å². The molecule has 1 atom stereocenters. The minimum absolute atomic E-state index is 0.0770. The summed E-state index contributed by atoms with van der Waals surface area (Å²) < 4.78 is 0. The Labute approximate surface area is 125 Å². The van der Waals surface area contributed by atoms with Gasteiger partial charge in [-0.15, -0.1) is 0 Å². The van der Waals surface area contributed by atoms with E-state index >= 15 is 0 Å². The van der Waals surface area contributed by atoms with Crippen LogP contribution in [0.25, 0.3) is 0 Å². The first-order valence-electron chi connectivity index (χ1n) is 7.95. The molecule has 2 heterocycles. The number of fused-ring (bicyclic) bond motifs is 1. The van der Waals surface area contributed by atoms with Gasteiger partial charge in [-0.3, -0.25) is 5.41 Å². The maximum absolute atomic E-state index is 9.72. The smallest absolute Gasteiger partial charge is 0.140 e. The average Bonchev–Trinajstić information content (AvgIpc) is 2.80. The number of nitrogen functional groups attached to an aromatic ring is 1. The zero-order valence-corrected chi connectivity index (χ0v) is 12.4. The van der Waals surface area contributed by atoms with Gasteiger partial charge in [0.15, 0.2) is 0 Å². The first kappa shape index (κ1) is 14.3. The highest BCUT2D eigenvalue weighted by Gasteiger charge is 2.26. The van der Waals surface area contributed by atoms with Gasteiger partial charge in [0.25, 0.3) is 0 Å². The van der Waals surface area contributed by atoms with Crippen LogP contribution in [0.15, 0.2) is 6.07 Å². The molecule has 4 N–H and O–H groups in total. The molecule has 0 saturated carbocycles. The van der Waals surface area contributed by atoms with Crippen molar-refractivity contribution < 1.29 is 5.11 Å². The molecule has 0 bridgehead atoms. The first-order chi connectivity index (χ1) is 10.2. The third kappa shape index (κ3) is 2.75. The topological polar surface area (TPSA) is 86.2 Å². The van der Waals surface area contributed by atoms with Crippen molar-refractivity contribution in [2.75, 3.05) is 18.1 Å². The van der Waals surface area contributed by atoms with Gasteiger partial charge in [-0.25, -0.2) is 4.98 Å². The Morgan fingerprint density at radius 1 is 1.33 bits per heavy atom. The molecule has 0 spiro atoms. The number of amidine groups is 1. The van der Waals surface area contributed by atoms with Crippen LogP contribution in [-0.2, 0) is 12.8 Å². The van der Waals surface area contributed by atoms with E-state index in [1.165, 1.54) is 12.0 Å². The third-order valence-corrected chi connectivity index (χ3v) is 4.68. The van der Waals surface area contributed by atoms with Crippen LogP contribution in [0.3, 0.4) is 0 Å². The number of hydrogen-bond donors (Lipinski definition) is 3. The summed E-state index contributed by atoms with van der Waals surface area (Å²) in [5.74, 6) is 0.886. The van der Waals surface area contributed by atoms with E-state index in [4.69, 9.17) is 16.1 Å². The van der Waals surface area contributed by atoms with Gasteiger partial charge in [-0.05, 0) is 43.7 Å². The lowest BCUT2D eigenvalue weighted by atomic mass is 10.1. The van der Waals surface area contributed by atoms with Crippen molar-refractivity contribution >= 4 is 11.7 Å². The molecule has 114 valence electrons. The molecule has 1 aliphatic carbocycles. The number of nitrogens with zero attached hydrogens (tertiary/aromatic N) is 2. The van der Waals surface area contributed by atoms with Crippen molar-refractivity contribution in [3.63, 3.8) is 0 Å². The van der Waals surface area contributed by atoms with Gasteiger partial charge >= 0.3 is 0 Å². The Hall–Kier alpha value is -1.62. The van der Waals surface area contributed by atoms with Gasteiger partial charge in [0.2, 0.25) is 0 Å². The Morgan fingerprint density at radius 2 is 2.19 bits per heavy atom. The monoisotopic (exact) mass is 288 g/mol. The Balaban J connectivity index is 2.04. The van der Waals surface area contributed by atoms with E-state index in [2.05, 4.69) is 4.90 Å². The second-order valence-corrected chi connectivity index (χ2v) is 6.11. The molecule has 2 aliphatic rings. The van der Waals surface area contributed by atoms with Crippen LogP contribution in [0.2, 0.25) is 0 Å². The highest BCUT2D eigenvalue weighted by molar-refractivity contribution is 6.00. The summed E-state index contributed by atoms with van der Waals surface area (Å²) in [6.45, 7) is 1.02. The molecule has 1 aliphatic heterocycles. The summed E-state index contributed by atoms with van der Waals surface area (Å²) in [5.41, 5.74) is 8.91. The highest BCUT2D eigenvalue weighted by atomic mass is 16.3. The van der Waals surface area contributed by atoms with E-state index in [1.807, 2.05) is 6.07 Å². The minimum atomic E-state index is 0.0770. The maximum atomic E-state index is 9.72. The fourth-order valence-electron chi connectivity index (χ4n) is 3.52. The lowest BCUT2D eigenvalue weighted by Gasteiger charge is -2.31. The van der Waals surface area contributed by atoms with E-state index in [9.17, 15) is 5.11 Å². The molecule has 1 unspecified atom stereocenters. The number of nitrogens with one attached hydrogen (secondary N) is 1. The first-order valence-corrected chi connectivity index (χ1v) is 7.95. The van der Waals surface area contributed by atoms with E-state index < -0.39 is 0 Å². The predicted octanol–water partition coefficient (Wildman–Crippen LogP) is 1.60. The molecular weight excluding hydrogens is 264 g/mol. The molecule has 5 heteroatoms. The van der Waals surface area contributed by atoms with Crippen LogP contribution in [-0.4, -0.2) is 35.1 Å². The number of hydrogen-bond acceptors (Lipinski definition) is 4. The second-order valence-electron chi connectivity index (χ2n) is 6.11. The normalized spacial score (nSPS) is 22.0. The summed E-state index contributed by atoms with van der Waals surface area (Å²) in [6, 6.07) is 2.14. The number of pyridine rings is 1. The van der Waals surface area contributed by atoms with Gasteiger partial charge in [-0.1, -0.05) is 12.8 Å². The number of aliphatic hydroxyl groups excluding tert-OH is 1. The molecule has 5 nitrogen and oxygen atoms in total. The van der Waals surface area contributed by atoms with Crippen LogP contribution < -0.4 is 10.6 Å². The van der Waals surface area contributed by atoms with Crippen LogP contribution in [0.4, 0.5) is 5.82 Å². The lowest BCUT2D eigenvalue weighted by Crippen LogP contribution is -2.39. The fraction of sp³-hybridized carbons (Fsp3) is 0.625. The van der Waals surface area contributed by atoms with E-state index in [-0.39, 0.29) is 18.5 Å². The second kappa shape index (κ2) is 6.02. The number of anilines is 1. The molecular formula is C16H24N4O. The van der Waals surface area contributed by atoms with E-state index in [1.54, 1.807) is 0 Å². The summed E-state index contributed by atoms with van der Waals surface area (Å²) in [7, 11) is 0. The molecule has 1 fully saturated rings. The van der Waals surface area contributed by atoms with Crippen molar-refractivity contribution in [1.29, 1.82) is 5.41 Å². The summed E-state index contributed by atoms with van der Waals surface area (Å²) in [6.07, 6.45) is 7.59. The maximum Gasteiger partial charge on any atom is 0.140 e. The minimum Gasteiger partial charge on any atom is -0.394 e. The van der Waals surface area contributed by atoms with Crippen LogP contribution in [0.1, 0.15) is 48.9 Å². The summed E-state index contributed by atoms with van der Waals surface area (Å²) >= 11 is 0. The molecule has 3 rings (SSSR count). The molecule has 1 saturated heterocycles. The molecule has 0 amide bonds. The van der Waals surface area contributed by atoms with E-state index in [0.29, 0.717) is 0 Å². The molecule has 1 aromatic heterocycles. The number of aryl methyl sites for hydroxylation is 2. The van der Waals surface area contributed by atoms with Gasteiger partial charge in [0.1, 0.15) is 11.7 Å². The van der Waals surface area contributed by atoms with Crippen LogP contribution in [0.5, 0.6) is 0 Å². The standard InChI is InChI=1S/C16H24N4O/c17-15(18)13-9-11-5-4-7-14(11)19-16(13)20-8-3-1-2-6-12(20)10-21/h9,12,21H,1-8,10H2,(H3,17,18). The predicted molar refractivity (Wildman–Crippen MR) is 84.0 cm³/mol. The van der Waals surface area contributed by atoms with Crippen molar-refractivity contribution in [1.82, 2.24) is 4.98 Å². The van der Waals surface area contributed by atoms with Crippen molar-refractivity contribution in [3.05, 3.63) is 22.9 Å². The molecule has 0 radical (unpaired) electrons. The Kier molecular flexibility index (Phi) is 4.10. The van der Waals surface area contributed by atoms with Crippen LogP contribution in [0, 0.1) is 5.41 Å². The van der Waals surface area contributed by atoms with Crippen molar-refractivity contribution in [2.45, 2.75) is 51.0 Å². The summed E-state index contributed by atoms with van der Waals surface area (Å²) in [4.78, 5) is 7.01. The fourth-order valence-corrected chi connectivity index (χ4v) is 3.52. The lowest BCUT2D eigenvalue weighted by molar-refractivity contribution is 0.254. The number of aliphatic hydroxyl groups is 1. The Bertz CT molecular complexity index is 543. The van der Waals surface area contributed by atoms with Gasteiger partial charge in [0.05, 0.1) is 18.2 Å². The third-order valence-electron chi connectivity index (χ3n) is 4.68. The largest absolute Gasteiger partial charge is 0.394 e. The highest BCUT2D eigenvalue weighted by Crippen LogP contribution is 2.30. The Morgan fingerprint density at radius 3 is 2.95 bits per heavy atom. The molecule has 21 heavy (non-hydrogen) atoms. The number of nitrogens with two attached hydrogens (primary N) is 1. The van der Waals surface area contributed by atoms with Crippen LogP contribution >= 0.6 is 0 Å². The van der Waals surface area contributed by atoms with Gasteiger partial charge in [-0.2, -0.15) is 0 Å². The van der Waals surface area contributed by atoms with Crippen molar-refractivity contribution in [3.8, 4) is 0 Å². The van der Waals surface area contributed by atoms with E-state index in [0.717, 1.165) is 62.1 Å². The zero-order valence-electron chi connectivity index (χ0n) is 12.4. The zero-order chi connectivity index (χ0) is 14.8. The quantitative estimate of drug-likeness (QED) is 0.582. The number of rotatable bonds is 3. The number of aromatic nitrogens is 1. The summed E-state index contributed by atoms with van der Waals surface area (Å²) in [5, 5.41) is 17.6. The molecule has 0 aromatic carbocycles. The van der Waals surface area contributed by atoms with Crippen molar-refractivity contribution in [2.24, 2.45) is 5.73 Å². The van der Waals surface area contributed by atoms with Gasteiger partial charge in [0, 0.05) is 12.2 Å². The SMILES string of the molecule is N=C(N)c1cc2c(nc1N1CCCCCC1CO)CCC2. The molecule has 1 aromatic rings. The average molecular weight is 288 g/mol.